The average Bonchev–Trinajstić information content (AvgIpc) is 2.84. The van der Waals surface area contributed by atoms with E-state index in [0.717, 1.165) is 38.5 Å². The van der Waals surface area contributed by atoms with Crippen LogP contribution in [0.5, 0.6) is 0 Å². The molecular formula is C18H33N3O. The predicted octanol–water partition coefficient (Wildman–Crippen LogP) is 2.49. The molecule has 2 aliphatic heterocycles. The fraction of sp³-hybridized carbons (Fsp3) is 0.944. The highest BCUT2D eigenvalue weighted by molar-refractivity contribution is 5.88. The number of carbonyl (C=O) groups is 1. The summed E-state index contributed by atoms with van der Waals surface area (Å²) in [7, 11) is 1.94. The molecule has 2 N–H and O–H groups in total. The molecule has 3 rings (SSSR count). The first-order valence-electron chi connectivity index (χ1n) is 9.41. The summed E-state index contributed by atoms with van der Waals surface area (Å²) in [5.41, 5.74) is -0.268. The molecule has 22 heavy (non-hydrogen) atoms. The number of rotatable bonds is 5. The van der Waals surface area contributed by atoms with Crippen molar-refractivity contribution in [1.29, 1.82) is 0 Å². The van der Waals surface area contributed by atoms with Crippen molar-refractivity contribution in [2.24, 2.45) is 11.8 Å². The van der Waals surface area contributed by atoms with Crippen LogP contribution in [0, 0.1) is 11.8 Å². The highest BCUT2D eigenvalue weighted by Gasteiger charge is 2.46. The van der Waals surface area contributed by atoms with Crippen LogP contribution in [-0.2, 0) is 4.79 Å². The van der Waals surface area contributed by atoms with Gasteiger partial charge < -0.3 is 10.2 Å². The summed E-state index contributed by atoms with van der Waals surface area (Å²) in [6.07, 6.45) is 12.8. The first kappa shape index (κ1) is 16.3. The van der Waals surface area contributed by atoms with Crippen LogP contribution in [-0.4, -0.2) is 43.2 Å². The summed E-state index contributed by atoms with van der Waals surface area (Å²) < 4.78 is 0. The minimum Gasteiger partial charge on any atom is -0.331 e. The number of hydrogen-bond acceptors (Lipinski definition) is 3. The van der Waals surface area contributed by atoms with Crippen molar-refractivity contribution < 1.29 is 4.79 Å². The average molecular weight is 307 g/mol. The van der Waals surface area contributed by atoms with Crippen LogP contribution in [0.15, 0.2) is 0 Å². The van der Waals surface area contributed by atoms with Crippen molar-refractivity contribution in [3.05, 3.63) is 0 Å². The maximum Gasteiger partial charge on any atom is 0.243 e. The van der Waals surface area contributed by atoms with E-state index < -0.39 is 0 Å². The number of hydrogen-bond donors (Lipinski definition) is 2. The molecule has 0 aromatic rings. The SMILES string of the molecule is CN1CN[C@](CCC2CCCCC2)(CC2CCCNC2)C1=O. The van der Waals surface area contributed by atoms with E-state index >= 15 is 0 Å². The van der Waals surface area contributed by atoms with Crippen molar-refractivity contribution in [3.8, 4) is 0 Å². The van der Waals surface area contributed by atoms with Crippen molar-refractivity contribution in [1.82, 2.24) is 15.5 Å². The third-order valence-electron chi connectivity index (χ3n) is 6.15. The van der Waals surface area contributed by atoms with Gasteiger partial charge in [0.05, 0.1) is 12.2 Å². The Balaban J connectivity index is 1.62. The van der Waals surface area contributed by atoms with E-state index in [4.69, 9.17) is 0 Å². The largest absolute Gasteiger partial charge is 0.331 e. The summed E-state index contributed by atoms with van der Waals surface area (Å²) in [6.45, 7) is 2.96. The van der Waals surface area contributed by atoms with Crippen LogP contribution in [0.25, 0.3) is 0 Å². The number of likely N-dealkylation sites (N-methyl/N-ethyl adjacent to an activating group) is 1. The number of nitrogens with zero attached hydrogens (tertiary/aromatic N) is 1. The Morgan fingerprint density at radius 2 is 1.91 bits per heavy atom. The predicted molar refractivity (Wildman–Crippen MR) is 89.5 cm³/mol. The Kier molecular flexibility index (Phi) is 5.40. The molecule has 1 aliphatic carbocycles. The third kappa shape index (κ3) is 3.65. The second-order valence-corrected chi connectivity index (χ2v) is 7.88. The number of piperidine rings is 1. The van der Waals surface area contributed by atoms with Gasteiger partial charge in [-0.25, -0.2) is 0 Å². The standard InChI is InChI=1S/C18H33N3O/c1-21-14-20-18(17(21)22,12-16-8-5-11-19-13-16)10-9-15-6-3-2-4-7-15/h15-16,19-20H,2-14H2,1H3/t16?,18-/m1/s1. The van der Waals surface area contributed by atoms with Gasteiger partial charge in [-0.05, 0) is 57.0 Å². The van der Waals surface area contributed by atoms with E-state index in [2.05, 4.69) is 10.6 Å². The lowest BCUT2D eigenvalue weighted by atomic mass is 9.77. The van der Waals surface area contributed by atoms with E-state index in [-0.39, 0.29) is 5.54 Å². The van der Waals surface area contributed by atoms with Crippen LogP contribution in [0.1, 0.15) is 64.2 Å². The molecule has 3 fully saturated rings. The molecule has 4 heteroatoms. The topological polar surface area (TPSA) is 44.4 Å². The zero-order chi connectivity index (χ0) is 15.4. The molecule has 0 spiro atoms. The maximum absolute atomic E-state index is 12.8. The molecule has 2 saturated heterocycles. The molecule has 1 amide bonds. The van der Waals surface area contributed by atoms with Gasteiger partial charge in [0.15, 0.2) is 0 Å². The van der Waals surface area contributed by atoms with Crippen molar-refractivity contribution in [2.75, 3.05) is 26.8 Å². The van der Waals surface area contributed by atoms with E-state index in [0.29, 0.717) is 11.8 Å². The van der Waals surface area contributed by atoms with Crippen molar-refractivity contribution in [3.63, 3.8) is 0 Å². The first-order chi connectivity index (χ1) is 10.7. The molecule has 4 nitrogen and oxygen atoms in total. The molecule has 3 aliphatic rings. The quantitative estimate of drug-likeness (QED) is 0.820. The minimum absolute atomic E-state index is 0.268. The van der Waals surface area contributed by atoms with Crippen molar-refractivity contribution in [2.45, 2.75) is 69.7 Å². The zero-order valence-corrected chi connectivity index (χ0v) is 14.2. The van der Waals surface area contributed by atoms with E-state index in [1.807, 2.05) is 11.9 Å². The van der Waals surface area contributed by atoms with Gasteiger partial charge in [-0.3, -0.25) is 10.1 Å². The van der Waals surface area contributed by atoms with Crippen LogP contribution in [0.4, 0.5) is 0 Å². The van der Waals surface area contributed by atoms with Gasteiger partial charge in [-0.2, -0.15) is 0 Å². The molecule has 1 saturated carbocycles. The molecule has 0 aromatic carbocycles. The lowest BCUT2D eigenvalue weighted by molar-refractivity contribution is -0.132. The van der Waals surface area contributed by atoms with Gasteiger partial charge in [0.1, 0.15) is 0 Å². The van der Waals surface area contributed by atoms with Gasteiger partial charge in [0.25, 0.3) is 0 Å². The Bertz CT molecular complexity index is 375. The minimum atomic E-state index is -0.268. The molecule has 0 radical (unpaired) electrons. The smallest absolute Gasteiger partial charge is 0.243 e. The normalized spacial score (nSPS) is 34.3. The Morgan fingerprint density at radius 1 is 1.14 bits per heavy atom. The Hall–Kier alpha value is -0.610. The molecule has 2 atom stereocenters. The lowest BCUT2D eigenvalue weighted by Crippen LogP contribution is -2.50. The summed E-state index contributed by atoms with van der Waals surface area (Å²) >= 11 is 0. The zero-order valence-electron chi connectivity index (χ0n) is 14.2. The number of amides is 1. The summed E-state index contributed by atoms with van der Waals surface area (Å²) in [6, 6.07) is 0. The third-order valence-corrected chi connectivity index (χ3v) is 6.15. The van der Waals surface area contributed by atoms with Crippen LogP contribution in [0.3, 0.4) is 0 Å². The van der Waals surface area contributed by atoms with Crippen molar-refractivity contribution >= 4 is 5.91 Å². The molecule has 0 aromatic heterocycles. The Labute approximate surface area is 135 Å². The number of carbonyl (C=O) groups excluding carboxylic acids is 1. The molecule has 1 unspecified atom stereocenters. The molecule has 2 heterocycles. The number of nitrogens with one attached hydrogen (secondary N) is 2. The first-order valence-corrected chi connectivity index (χ1v) is 9.41. The van der Waals surface area contributed by atoms with Gasteiger partial charge in [0, 0.05) is 7.05 Å². The lowest BCUT2D eigenvalue weighted by Gasteiger charge is -2.35. The summed E-state index contributed by atoms with van der Waals surface area (Å²) in [5.74, 6) is 1.85. The monoisotopic (exact) mass is 307 g/mol. The van der Waals surface area contributed by atoms with Gasteiger partial charge in [0.2, 0.25) is 5.91 Å². The Morgan fingerprint density at radius 3 is 2.55 bits per heavy atom. The highest BCUT2D eigenvalue weighted by Crippen LogP contribution is 2.35. The van der Waals surface area contributed by atoms with E-state index in [1.54, 1.807) is 0 Å². The van der Waals surface area contributed by atoms with Gasteiger partial charge in [-0.1, -0.05) is 32.1 Å². The van der Waals surface area contributed by atoms with E-state index in [9.17, 15) is 4.79 Å². The van der Waals surface area contributed by atoms with Gasteiger partial charge in [-0.15, -0.1) is 0 Å². The summed E-state index contributed by atoms with van der Waals surface area (Å²) in [4.78, 5) is 14.7. The summed E-state index contributed by atoms with van der Waals surface area (Å²) in [5, 5.41) is 7.11. The second kappa shape index (κ2) is 7.31. The maximum atomic E-state index is 12.8. The molecular weight excluding hydrogens is 274 g/mol. The molecule has 126 valence electrons. The molecule has 0 bridgehead atoms. The van der Waals surface area contributed by atoms with E-state index in [1.165, 1.54) is 51.4 Å². The van der Waals surface area contributed by atoms with Gasteiger partial charge >= 0.3 is 0 Å². The van der Waals surface area contributed by atoms with Crippen LogP contribution >= 0.6 is 0 Å². The fourth-order valence-corrected chi connectivity index (χ4v) is 4.76. The fourth-order valence-electron chi connectivity index (χ4n) is 4.76. The van der Waals surface area contributed by atoms with Crippen LogP contribution in [0.2, 0.25) is 0 Å². The second-order valence-electron chi connectivity index (χ2n) is 7.88. The van der Waals surface area contributed by atoms with Crippen LogP contribution < -0.4 is 10.6 Å². The highest BCUT2D eigenvalue weighted by atomic mass is 16.2.